The maximum atomic E-state index is 17.0. The summed E-state index contributed by atoms with van der Waals surface area (Å²) in [7, 11) is 0. The van der Waals surface area contributed by atoms with Crippen molar-refractivity contribution in [1.82, 2.24) is 29.4 Å². The molecular weight excluding hydrogens is 1080 g/mol. The molecule has 0 radical (unpaired) electrons. The number of amides is 4. The Morgan fingerprint density at radius 3 is 1.10 bits per heavy atom. The molecule has 8 aromatic rings. The predicted molar refractivity (Wildman–Crippen MR) is 329 cm³/mol. The highest BCUT2D eigenvalue weighted by Crippen LogP contribution is 2.66. The topological polar surface area (TPSA) is 118 Å². The van der Waals surface area contributed by atoms with Crippen LogP contribution in [0.15, 0.2) is 170 Å². The summed E-state index contributed by atoms with van der Waals surface area (Å²) in [5.74, 6) is 1.93. The highest BCUT2D eigenvalue weighted by atomic mass is 16.5. The molecule has 15 nitrogen and oxygen atoms in total. The SMILES string of the molecule is O=C1N2Cc3c4ccc5ccc6c(c35)CN3C(=O)N5Cc7c(ccc8ccc(c(c78)CN1C5(c1ccccc1)C23c1ccccc1)OCCOCCN(Cc1ccccc1)CCOCCC4)OCCOCCN(Cc1ccccc1)CCOCCO6. The average Bonchev–Trinajstić information content (AvgIpc) is 1.47. The number of hydrogen-bond donors (Lipinski definition) is 0. The fraction of sp³-hybridized carbons (Fsp3) is 0.352. The Morgan fingerprint density at radius 1 is 0.349 bits per heavy atom. The lowest BCUT2D eigenvalue weighted by Crippen LogP contribution is -2.63. The predicted octanol–water partition coefficient (Wildman–Crippen LogP) is 11.1. The van der Waals surface area contributed by atoms with E-state index in [1.807, 2.05) is 74.2 Å². The Bertz CT molecular complexity index is 3320. The van der Waals surface area contributed by atoms with Crippen LogP contribution in [0.3, 0.4) is 0 Å². The third-order valence-electron chi connectivity index (χ3n) is 18.3. The van der Waals surface area contributed by atoms with Crippen molar-refractivity contribution in [3.8, 4) is 17.2 Å². The van der Waals surface area contributed by atoms with Crippen LogP contribution in [-0.2, 0) is 76.0 Å². The highest BCUT2D eigenvalue weighted by Gasteiger charge is 2.80. The van der Waals surface area contributed by atoms with Gasteiger partial charge >= 0.3 is 12.1 Å². The van der Waals surface area contributed by atoms with E-state index in [9.17, 15) is 0 Å². The number of nitrogens with zero attached hydrogens (tertiary/aromatic N) is 6. The minimum Gasteiger partial charge on any atom is -0.491 e. The Labute approximate surface area is 503 Å². The van der Waals surface area contributed by atoms with Gasteiger partial charge in [-0.1, -0.05) is 152 Å². The molecule has 2 saturated heterocycles. The van der Waals surface area contributed by atoms with Crippen LogP contribution in [0.4, 0.5) is 9.59 Å². The zero-order chi connectivity index (χ0) is 57.9. The van der Waals surface area contributed by atoms with E-state index in [1.165, 1.54) is 11.1 Å². The summed E-state index contributed by atoms with van der Waals surface area (Å²) in [6.45, 7) is 9.34. The van der Waals surface area contributed by atoms with E-state index in [1.54, 1.807) is 0 Å². The first kappa shape index (κ1) is 55.8. The van der Waals surface area contributed by atoms with Gasteiger partial charge in [0.15, 0.2) is 11.3 Å². The molecule has 0 spiro atoms. The second-order valence-corrected chi connectivity index (χ2v) is 23.1. The third-order valence-corrected chi connectivity index (χ3v) is 18.3. The zero-order valence-electron chi connectivity index (χ0n) is 48.8. The van der Waals surface area contributed by atoms with Gasteiger partial charge in [-0.05, 0) is 74.8 Å². The van der Waals surface area contributed by atoms with Crippen LogP contribution in [0.5, 0.6) is 17.2 Å². The number of benzene rings is 8. The van der Waals surface area contributed by atoms with Crippen molar-refractivity contribution < 1.29 is 42.7 Å². The van der Waals surface area contributed by atoms with Crippen molar-refractivity contribution in [2.75, 3.05) is 98.9 Å². The van der Waals surface area contributed by atoms with Crippen LogP contribution < -0.4 is 14.2 Å². The van der Waals surface area contributed by atoms with E-state index in [4.69, 9.17) is 33.2 Å². The zero-order valence-corrected chi connectivity index (χ0v) is 48.8. The van der Waals surface area contributed by atoms with Gasteiger partial charge < -0.3 is 33.2 Å². The van der Waals surface area contributed by atoms with Crippen LogP contribution in [0.1, 0.15) is 56.5 Å². The van der Waals surface area contributed by atoms with Gasteiger partial charge in [0.05, 0.1) is 72.4 Å². The van der Waals surface area contributed by atoms with E-state index in [-0.39, 0.29) is 58.1 Å². The van der Waals surface area contributed by atoms with Crippen molar-refractivity contribution in [3.05, 3.63) is 220 Å². The van der Waals surface area contributed by atoms with Crippen molar-refractivity contribution in [3.63, 3.8) is 0 Å². The fourth-order valence-corrected chi connectivity index (χ4v) is 14.4. The Hall–Kier alpha value is -8.02. The second kappa shape index (κ2) is 24.8. The van der Waals surface area contributed by atoms with E-state index in [0.29, 0.717) is 89.6 Å². The second-order valence-electron chi connectivity index (χ2n) is 23.1. The van der Waals surface area contributed by atoms with Gasteiger partial charge in [-0.3, -0.25) is 29.4 Å². The molecule has 8 bridgehead atoms. The van der Waals surface area contributed by atoms with E-state index < -0.39 is 11.3 Å². The molecule has 15 heteroatoms. The molecule has 4 amide bonds. The van der Waals surface area contributed by atoms with Gasteiger partial charge in [0.2, 0.25) is 0 Å². The Balaban J connectivity index is 0.963. The van der Waals surface area contributed by atoms with Crippen molar-refractivity contribution >= 4 is 33.6 Å². The van der Waals surface area contributed by atoms with Crippen LogP contribution in [0, 0.1) is 0 Å². The summed E-state index contributed by atoms with van der Waals surface area (Å²) < 4.78 is 46.5. The number of aryl methyl sites for hydroxylation is 1. The van der Waals surface area contributed by atoms with Gasteiger partial charge in [0.1, 0.15) is 37.1 Å². The van der Waals surface area contributed by atoms with Gasteiger partial charge in [0.25, 0.3) is 0 Å². The van der Waals surface area contributed by atoms with Gasteiger partial charge in [-0.15, -0.1) is 0 Å². The maximum absolute atomic E-state index is 17.0. The normalized spacial score (nSPS) is 22.0. The minimum atomic E-state index is -1.50. The van der Waals surface area contributed by atoms with Crippen LogP contribution >= 0.6 is 0 Å². The number of rotatable bonds is 6. The monoisotopic (exact) mass is 1150 g/mol. The summed E-state index contributed by atoms with van der Waals surface area (Å²) in [6, 6.07) is 57.9. The molecule has 2 atom stereocenters. The quantitative estimate of drug-likeness (QED) is 0.158. The molecule has 0 aliphatic carbocycles. The number of ether oxygens (including phenoxy) is 7. The first-order valence-electron chi connectivity index (χ1n) is 30.7. The summed E-state index contributed by atoms with van der Waals surface area (Å²) in [6.07, 6.45) is 1.45. The summed E-state index contributed by atoms with van der Waals surface area (Å²) in [5.41, 5.74) is 5.77. The average molecular weight is 1160 g/mol. The smallest absolute Gasteiger partial charge is 0.325 e. The lowest BCUT2D eigenvalue weighted by molar-refractivity contribution is -0.0866. The van der Waals surface area contributed by atoms with Crippen LogP contribution in [0.2, 0.25) is 0 Å². The van der Waals surface area contributed by atoms with E-state index in [2.05, 4.69) is 125 Å². The number of carbonyl (C=O) groups excluding carboxylic acids is 2. The molecular formula is C71H74N6O9. The van der Waals surface area contributed by atoms with E-state index >= 15 is 9.59 Å². The highest BCUT2D eigenvalue weighted by molar-refractivity contribution is 5.98. The fourth-order valence-electron chi connectivity index (χ4n) is 14.4. The Morgan fingerprint density at radius 2 is 0.698 bits per heavy atom. The molecule has 0 aromatic heterocycles. The molecule has 0 saturated carbocycles. The standard InChI is InChI=1S/C71H74N6O9/c78-68-74-48-59-54-18-13-35-80-36-31-72(46-52-14-5-1-6-15-52)32-37-81-41-44-85-64-29-26-56-27-30-65-62-51-77-69(79)75(70(74,57-19-9-3-10-20-57)71(77,58-21-11-4-12-22-58)76(68)50-61(64)67(56)62)49-60-63(28-25-55(24-23-54)66(59)60)84-43-40-82-38-33-73(34-39-83-42-45-86-65)47-53-16-7-2-8-17-53/h1-12,14-17,19-30H,13,18,31-51H2. The van der Waals surface area contributed by atoms with Crippen molar-refractivity contribution in [2.45, 2.75) is 63.4 Å². The molecule has 2 unspecified atom stereocenters. The first-order chi connectivity index (χ1) is 42.5. The van der Waals surface area contributed by atoms with Crippen LogP contribution in [-0.4, -0.2) is 140 Å². The molecule has 6 aliphatic rings. The van der Waals surface area contributed by atoms with Crippen LogP contribution in [0.25, 0.3) is 21.5 Å². The lowest BCUT2D eigenvalue weighted by Gasteiger charge is -2.51. The van der Waals surface area contributed by atoms with Gasteiger partial charge in [-0.25, -0.2) is 9.59 Å². The summed E-state index contributed by atoms with van der Waals surface area (Å²) in [4.78, 5) is 46.7. The number of urea groups is 2. The molecule has 14 rings (SSSR count). The molecule has 8 aromatic carbocycles. The molecule has 2 fully saturated rings. The molecule has 6 heterocycles. The van der Waals surface area contributed by atoms with Crippen molar-refractivity contribution in [2.24, 2.45) is 0 Å². The minimum absolute atomic E-state index is 0.0839. The van der Waals surface area contributed by atoms with Crippen molar-refractivity contribution in [1.29, 1.82) is 0 Å². The summed E-state index contributed by atoms with van der Waals surface area (Å²) in [5, 5.41) is 3.82. The van der Waals surface area contributed by atoms with Gasteiger partial charge in [0, 0.05) is 73.7 Å². The molecule has 442 valence electrons. The maximum Gasteiger partial charge on any atom is 0.325 e. The molecule has 0 N–H and O–H groups in total. The largest absolute Gasteiger partial charge is 0.491 e. The molecule has 6 aliphatic heterocycles. The summed E-state index contributed by atoms with van der Waals surface area (Å²) >= 11 is 0. The third kappa shape index (κ3) is 10.2. The number of hydrogen-bond acceptors (Lipinski definition) is 11. The van der Waals surface area contributed by atoms with Gasteiger partial charge in [-0.2, -0.15) is 0 Å². The Kier molecular flexibility index (Phi) is 16.1. The first-order valence-corrected chi connectivity index (χ1v) is 30.7. The molecule has 86 heavy (non-hydrogen) atoms. The lowest BCUT2D eigenvalue weighted by atomic mass is 9.77. The van der Waals surface area contributed by atoms with E-state index in [0.717, 1.165) is 93.1 Å². The number of carbonyl (C=O) groups is 2.